The van der Waals surface area contributed by atoms with Crippen molar-refractivity contribution in [1.82, 2.24) is 5.32 Å². The van der Waals surface area contributed by atoms with Gasteiger partial charge < -0.3 is 10.6 Å². The first-order valence-corrected chi connectivity index (χ1v) is 7.79. The Kier molecular flexibility index (Phi) is 5.64. The lowest BCUT2D eigenvalue weighted by molar-refractivity contribution is 0.0943. The molecule has 0 aromatic heterocycles. The Labute approximate surface area is 144 Å². The summed E-state index contributed by atoms with van der Waals surface area (Å²) in [7, 11) is 0. The zero-order chi connectivity index (χ0) is 17.0. The minimum Gasteiger partial charge on any atom is -0.350 e. The molecular formula is C17H16Cl2N2O2. The predicted molar refractivity (Wildman–Crippen MR) is 93.5 cm³/mol. The molecule has 0 spiro atoms. The van der Waals surface area contributed by atoms with E-state index >= 15 is 0 Å². The summed E-state index contributed by atoms with van der Waals surface area (Å²) in [4.78, 5) is 24.3. The van der Waals surface area contributed by atoms with Crippen molar-refractivity contribution in [2.45, 2.75) is 19.9 Å². The molecule has 0 heterocycles. The van der Waals surface area contributed by atoms with Crippen LogP contribution in [0.15, 0.2) is 42.5 Å². The van der Waals surface area contributed by atoms with Crippen LogP contribution in [0.3, 0.4) is 0 Å². The van der Waals surface area contributed by atoms with E-state index in [1.54, 1.807) is 36.4 Å². The van der Waals surface area contributed by atoms with Gasteiger partial charge in [-0.25, -0.2) is 0 Å². The molecule has 0 fully saturated rings. The van der Waals surface area contributed by atoms with Crippen LogP contribution in [0.25, 0.3) is 0 Å². The Hall–Kier alpha value is -2.04. The van der Waals surface area contributed by atoms with Crippen molar-refractivity contribution in [3.63, 3.8) is 0 Å². The lowest BCUT2D eigenvalue weighted by Gasteiger charge is -2.10. The van der Waals surface area contributed by atoms with Gasteiger partial charge in [-0.05, 0) is 50.2 Å². The van der Waals surface area contributed by atoms with E-state index in [0.717, 1.165) is 0 Å². The van der Waals surface area contributed by atoms with Gasteiger partial charge >= 0.3 is 0 Å². The molecule has 4 nitrogen and oxygen atoms in total. The van der Waals surface area contributed by atoms with Crippen LogP contribution in [0, 0.1) is 0 Å². The second-order valence-corrected chi connectivity index (χ2v) is 6.13. The van der Waals surface area contributed by atoms with Crippen LogP contribution in [-0.4, -0.2) is 17.9 Å². The number of benzene rings is 2. The summed E-state index contributed by atoms with van der Waals surface area (Å²) in [6.45, 7) is 3.74. The van der Waals surface area contributed by atoms with Gasteiger partial charge in [0.1, 0.15) is 0 Å². The molecule has 0 saturated carbocycles. The van der Waals surface area contributed by atoms with Gasteiger partial charge in [0.2, 0.25) is 0 Å². The van der Waals surface area contributed by atoms with Crippen LogP contribution in [0.5, 0.6) is 0 Å². The fourth-order valence-electron chi connectivity index (χ4n) is 1.93. The van der Waals surface area contributed by atoms with Gasteiger partial charge in [0, 0.05) is 22.2 Å². The molecule has 0 saturated heterocycles. The second kappa shape index (κ2) is 7.49. The van der Waals surface area contributed by atoms with E-state index in [2.05, 4.69) is 10.6 Å². The number of nitrogens with one attached hydrogen (secondary N) is 2. The number of carbonyl (C=O) groups excluding carboxylic acids is 2. The first-order valence-electron chi connectivity index (χ1n) is 7.04. The summed E-state index contributed by atoms with van der Waals surface area (Å²) >= 11 is 11.9. The maximum absolute atomic E-state index is 12.3. The quantitative estimate of drug-likeness (QED) is 0.859. The fraction of sp³-hybridized carbons (Fsp3) is 0.176. The van der Waals surface area contributed by atoms with E-state index in [0.29, 0.717) is 26.9 Å². The zero-order valence-corrected chi connectivity index (χ0v) is 14.2. The lowest BCUT2D eigenvalue weighted by Crippen LogP contribution is -2.30. The Bertz CT molecular complexity index is 745. The van der Waals surface area contributed by atoms with Gasteiger partial charge in [-0.1, -0.05) is 29.3 Å². The van der Waals surface area contributed by atoms with Crippen LogP contribution in [-0.2, 0) is 0 Å². The first kappa shape index (κ1) is 17.3. The highest BCUT2D eigenvalue weighted by atomic mass is 35.5. The van der Waals surface area contributed by atoms with Gasteiger partial charge in [0.15, 0.2) is 0 Å². The maximum Gasteiger partial charge on any atom is 0.255 e. The smallest absolute Gasteiger partial charge is 0.255 e. The van der Waals surface area contributed by atoms with Crippen molar-refractivity contribution in [2.75, 3.05) is 5.32 Å². The summed E-state index contributed by atoms with van der Waals surface area (Å²) in [5.74, 6) is -0.576. The van der Waals surface area contributed by atoms with Gasteiger partial charge in [-0.2, -0.15) is 0 Å². The average Bonchev–Trinajstić information content (AvgIpc) is 2.49. The summed E-state index contributed by atoms with van der Waals surface area (Å²) in [5, 5.41) is 6.32. The molecule has 0 radical (unpaired) electrons. The third-order valence-electron chi connectivity index (χ3n) is 2.99. The molecule has 0 bridgehead atoms. The zero-order valence-electron chi connectivity index (χ0n) is 12.7. The number of hydrogen-bond acceptors (Lipinski definition) is 2. The lowest BCUT2D eigenvalue weighted by atomic mass is 10.1. The van der Waals surface area contributed by atoms with Crippen molar-refractivity contribution in [3.05, 3.63) is 63.6 Å². The van der Waals surface area contributed by atoms with Crippen molar-refractivity contribution in [2.24, 2.45) is 0 Å². The highest BCUT2D eigenvalue weighted by Crippen LogP contribution is 2.25. The fourth-order valence-corrected chi connectivity index (χ4v) is 2.39. The summed E-state index contributed by atoms with van der Waals surface area (Å²) in [6.07, 6.45) is 0. The molecule has 2 amide bonds. The van der Waals surface area contributed by atoms with Crippen molar-refractivity contribution in [3.8, 4) is 0 Å². The monoisotopic (exact) mass is 350 g/mol. The van der Waals surface area contributed by atoms with Gasteiger partial charge in [0.25, 0.3) is 11.8 Å². The van der Waals surface area contributed by atoms with E-state index in [1.165, 1.54) is 6.07 Å². The summed E-state index contributed by atoms with van der Waals surface area (Å²) in [6, 6.07) is 11.3. The van der Waals surface area contributed by atoms with E-state index in [-0.39, 0.29) is 17.9 Å². The maximum atomic E-state index is 12.3. The van der Waals surface area contributed by atoms with Crippen LogP contribution >= 0.6 is 23.2 Å². The number of hydrogen-bond donors (Lipinski definition) is 2. The van der Waals surface area contributed by atoms with Gasteiger partial charge in [-0.3, -0.25) is 9.59 Å². The molecule has 2 aromatic rings. The minimum atomic E-state index is -0.353. The van der Waals surface area contributed by atoms with Crippen LogP contribution in [0.2, 0.25) is 10.0 Å². The number of rotatable bonds is 4. The summed E-state index contributed by atoms with van der Waals surface area (Å²) in [5.41, 5.74) is 1.25. The first-order chi connectivity index (χ1) is 10.9. The van der Waals surface area contributed by atoms with Gasteiger partial charge in [-0.15, -0.1) is 0 Å². The van der Waals surface area contributed by atoms with E-state index < -0.39 is 0 Å². The molecule has 0 aliphatic rings. The number of carbonyl (C=O) groups is 2. The van der Waals surface area contributed by atoms with Crippen molar-refractivity contribution < 1.29 is 9.59 Å². The molecule has 0 atom stereocenters. The van der Waals surface area contributed by atoms with Crippen LogP contribution in [0.1, 0.15) is 34.6 Å². The normalized spacial score (nSPS) is 10.5. The number of anilines is 1. The highest BCUT2D eigenvalue weighted by molar-refractivity contribution is 6.36. The third-order valence-corrected chi connectivity index (χ3v) is 3.53. The third kappa shape index (κ3) is 4.71. The van der Waals surface area contributed by atoms with E-state index in [4.69, 9.17) is 23.2 Å². The molecular weight excluding hydrogens is 335 g/mol. The molecule has 0 aliphatic carbocycles. The molecule has 120 valence electrons. The molecule has 2 N–H and O–H groups in total. The van der Waals surface area contributed by atoms with Crippen LogP contribution < -0.4 is 10.6 Å². The predicted octanol–water partition coefficient (Wildman–Crippen LogP) is 4.38. The Morgan fingerprint density at radius 1 is 0.957 bits per heavy atom. The highest BCUT2D eigenvalue weighted by Gasteiger charge is 2.12. The van der Waals surface area contributed by atoms with Crippen molar-refractivity contribution >= 4 is 40.7 Å². The Morgan fingerprint density at radius 3 is 2.22 bits per heavy atom. The van der Waals surface area contributed by atoms with E-state index in [1.807, 2.05) is 13.8 Å². The molecule has 2 rings (SSSR count). The second-order valence-electron chi connectivity index (χ2n) is 5.29. The van der Waals surface area contributed by atoms with E-state index in [9.17, 15) is 9.59 Å². The Morgan fingerprint density at radius 2 is 1.61 bits per heavy atom. The Balaban J connectivity index is 2.18. The topological polar surface area (TPSA) is 58.2 Å². The SMILES string of the molecule is CC(C)NC(=O)c1cccc(C(=O)Nc2ccc(Cl)cc2Cl)c1. The largest absolute Gasteiger partial charge is 0.350 e. The molecule has 6 heteroatoms. The minimum absolute atomic E-state index is 0.0212. The average molecular weight is 351 g/mol. The number of amides is 2. The van der Waals surface area contributed by atoms with Crippen LogP contribution in [0.4, 0.5) is 5.69 Å². The molecule has 2 aromatic carbocycles. The standard InChI is InChI=1S/C17H16Cl2N2O2/c1-10(2)20-16(22)11-4-3-5-12(8-11)17(23)21-15-7-6-13(18)9-14(15)19/h3-10H,1-2H3,(H,20,22)(H,21,23). The number of halogens is 2. The molecule has 0 aliphatic heterocycles. The van der Waals surface area contributed by atoms with Crippen molar-refractivity contribution in [1.29, 1.82) is 0 Å². The molecule has 23 heavy (non-hydrogen) atoms. The molecule has 0 unspecified atom stereocenters. The summed E-state index contributed by atoms with van der Waals surface area (Å²) < 4.78 is 0. The van der Waals surface area contributed by atoms with Gasteiger partial charge in [0.05, 0.1) is 10.7 Å².